The van der Waals surface area contributed by atoms with Crippen LogP contribution in [0.15, 0.2) is 48.7 Å². The van der Waals surface area contributed by atoms with Gasteiger partial charge in [0.15, 0.2) is 0 Å². The van der Waals surface area contributed by atoms with Crippen LogP contribution in [-0.4, -0.2) is 4.98 Å². The van der Waals surface area contributed by atoms with Gasteiger partial charge in [0, 0.05) is 29.3 Å². The lowest BCUT2D eigenvalue weighted by Crippen LogP contribution is -2.12. The van der Waals surface area contributed by atoms with Gasteiger partial charge in [0.2, 0.25) is 0 Å². The highest BCUT2D eigenvalue weighted by Gasteiger charge is 2.07. The second-order valence-corrected chi connectivity index (χ2v) is 8.19. The zero-order valence-corrected chi connectivity index (χ0v) is 16.6. The Kier molecular flexibility index (Phi) is 6.13. The van der Waals surface area contributed by atoms with E-state index in [0.29, 0.717) is 29.1 Å². The predicted molar refractivity (Wildman–Crippen MR) is 109 cm³/mol. The summed E-state index contributed by atoms with van der Waals surface area (Å²) in [5, 5.41) is 5.79. The first-order chi connectivity index (χ1) is 12.0. The van der Waals surface area contributed by atoms with Crippen molar-refractivity contribution in [3.05, 3.63) is 74.8 Å². The first-order valence-corrected chi connectivity index (χ1v) is 9.80. The second kappa shape index (κ2) is 8.33. The molecule has 130 valence electrons. The molecule has 0 saturated heterocycles. The van der Waals surface area contributed by atoms with E-state index in [1.165, 1.54) is 16.0 Å². The third kappa shape index (κ3) is 4.83. The summed E-state index contributed by atoms with van der Waals surface area (Å²) in [5.41, 5.74) is 3.61. The number of hydrogen-bond donors (Lipinski definition) is 1. The van der Waals surface area contributed by atoms with Crippen LogP contribution >= 0.6 is 34.5 Å². The highest BCUT2D eigenvalue weighted by Crippen LogP contribution is 2.28. The van der Waals surface area contributed by atoms with E-state index in [2.05, 4.69) is 48.4 Å². The van der Waals surface area contributed by atoms with Crippen molar-refractivity contribution in [3.8, 4) is 10.4 Å². The number of hydrogen-bond acceptors (Lipinski definition) is 3. The van der Waals surface area contributed by atoms with E-state index in [-0.39, 0.29) is 0 Å². The van der Waals surface area contributed by atoms with Crippen LogP contribution in [0.25, 0.3) is 10.4 Å². The van der Waals surface area contributed by atoms with E-state index >= 15 is 0 Å². The Balaban J connectivity index is 1.60. The highest BCUT2D eigenvalue weighted by atomic mass is 35.5. The Hall–Kier alpha value is -1.39. The molecule has 3 rings (SSSR count). The van der Waals surface area contributed by atoms with E-state index in [0.717, 1.165) is 10.6 Å². The minimum Gasteiger partial charge on any atom is -0.306 e. The smallest absolute Gasteiger partial charge is 0.107 e. The van der Waals surface area contributed by atoms with Gasteiger partial charge in [0.05, 0.1) is 4.88 Å². The van der Waals surface area contributed by atoms with Gasteiger partial charge in [-0.25, -0.2) is 4.98 Å². The monoisotopic (exact) mass is 390 g/mol. The highest BCUT2D eigenvalue weighted by molar-refractivity contribution is 7.15. The summed E-state index contributed by atoms with van der Waals surface area (Å²) in [6.07, 6.45) is 1.95. The number of rotatable bonds is 6. The van der Waals surface area contributed by atoms with Crippen LogP contribution in [0.5, 0.6) is 0 Å². The van der Waals surface area contributed by atoms with Crippen LogP contribution in [0.4, 0.5) is 0 Å². The molecule has 1 heterocycles. The van der Waals surface area contributed by atoms with Gasteiger partial charge in [-0.05, 0) is 34.7 Å². The maximum Gasteiger partial charge on any atom is 0.107 e. The largest absolute Gasteiger partial charge is 0.306 e. The average molecular weight is 391 g/mol. The van der Waals surface area contributed by atoms with Gasteiger partial charge in [0.25, 0.3) is 0 Å². The number of benzene rings is 2. The lowest BCUT2D eigenvalue weighted by molar-refractivity contribution is 0.690. The first-order valence-electron chi connectivity index (χ1n) is 8.22. The zero-order valence-electron chi connectivity index (χ0n) is 14.2. The molecule has 0 radical (unpaired) electrons. The molecule has 1 N–H and O–H groups in total. The van der Waals surface area contributed by atoms with Gasteiger partial charge in [-0.15, -0.1) is 11.3 Å². The Morgan fingerprint density at radius 3 is 2.48 bits per heavy atom. The number of thiazole rings is 1. The number of nitrogens with zero attached hydrogens (tertiary/aromatic N) is 1. The van der Waals surface area contributed by atoms with E-state index < -0.39 is 0 Å². The molecule has 0 spiro atoms. The van der Waals surface area contributed by atoms with Crippen molar-refractivity contribution in [3.63, 3.8) is 0 Å². The third-order valence-electron chi connectivity index (χ3n) is 4.02. The van der Waals surface area contributed by atoms with E-state index in [1.54, 1.807) is 17.4 Å². The van der Waals surface area contributed by atoms with Crippen molar-refractivity contribution in [1.29, 1.82) is 0 Å². The molecular weight excluding hydrogens is 371 g/mol. The van der Waals surface area contributed by atoms with Crippen LogP contribution in [0, 0.1) is 0 Å². The van der Waals surface area contributed by atoms with Crippen molar-refractivity contribution in [1.82, 2.24) is 10.3 Å². The van der Waals surface area contributed by atoms with Crippen molar-refractivity contribution in [2.75, 3.05) is 0 Å². The standard InChI is InChI=1S/C20H20Cl2N2S/c1-13(2)14-3-5-15(6-4-14)19-11-24-20(25-19)12-23-10-16-7-8-17(21)9-18(16)22/h3-9,11,13,23H,10,12H2,1-2H3. The molecule has 1 aromatic heterocycles. The molecule has 0 atom stereocenters. The first kappa shape index (κ1) is 18.4. The van der Waals surface area contributed by atoms with Gasteiger partial charge >= 0.3 is 0 Å². The summed E-state index contributed by atoms with van der Waals surface area (Å²) in [7, 11) is 0. The number of halogens is 2. The molecule has 0 aliphatic heterocycles. The Labute approximate surface area is 162 Å². The van der Waals surface area contributed by atoms with Crippen molar-refractivity contribution < 1.29 is 0 Å². The summed E-state index contributed by atoms with van der Waals surface area (Å²) in [6, 6.07) is 14.3. The molecule has 2 aromatic carbocycles. The normalized spacial score (nSPS) is 11.2. The summed E-state index contributed by atoms with van der Waals surface area (Å²) >= 11 is 13.8. The van der Waals surface area contributed by atoms with E-state index in [9.17, 15) is 0 Å². The SMILES string of the molecule is CC(C)c1ccc(-c2cnc(CNCc3ccc(Cl)cc3Cl)s2)cc1. The van der Waals surface area contributed by atoms with Gasteiger partial charge < -0.3 is 5.32 Å². The summed E-state index contributed by atoms with van der Waals surface area (Å²) in [4.78, 5) is 5.71. The minimum absolute atomic E-state index is 0.551. The molecule has 0 amide bonds. The topological polar surface area (TPSA) is 24.9 Å². The molecule has 5 heteroatoms. The van der Waals surface area contributed by atoms with Gasteiger partial charge in [0.1, 0.15) is 5.01 Å². The molecular formula is C20H20Cl2N2S. The molecule has 0 saturated carbocycles. The maximum atomic E-state index is 6.19. The van der Waals surface area contributed by atoms with E-state index in [4.69, 9.17) is 23.2 Å². The number of aromatic nitrogens is 1. The number of nitrogens with one attached hydrogen (secondary N) is 1. The molecule has 2 nitrogen and oxygen atoms in total. The van der Waals surface area contributed by atoms with Crippen LogP contribution in [0.3, 0.4) is 0 Å². The summed E-state index contributed by atoms with van der Waals surface area (Å²) in [6.45, 7) is 5.82. The van der Waals surface area contributed by atoms with Crippen molar-refractivity contribution in [2.24, 2.45) is 0 Å². The third-order valence-corrected chi connectivity index (χ3v) is 5.66. The Morgan fingerprint density at radius 2 is 1.80 bits per heavy atom. The van der Waals surface area contributed by atoms with E-state index in [1.807, 2.05) is 18.3 Å². The lowest BCUT2D eigenvalue weighted by atomic mass is 10.0. The molecule has 3 aromatic rings. The zero-order chi connectivity index (χ0) is 17.8. The van der Waals surface area contributed by atoms with Crippen LogP contribution in [0.2, 0.25) is 10.0 Å². The maximum absolute atomic E-state index is 6.19. The fraction of sp³-hybridized carbons (Fsp3) is 0.250. The summed E-state index contributed by atoms with van der Waals surface area (Å²) < 4.78 is 0. The molecule has 25 heavy (non-hydrogen) atoms. The fourth-order valence-electron chi connectivity index (χ4n) is 2.53. The average Bonchev–Trinajstić information content (AvgIpc) is 3.06. The predicted octanol–water partition coefficient (Wildman–Crippen LogP) is 6.53. The van der Waals surface area contributed by atoms with Crippen molar-refractivity contribution in [2.45, 2.75) is 32.9 Å². The summed E-state index contributed by atoms with van der Waals surface area (Å²) in [5.74, 6) is 0.551. The Morgan fingerprint density at radius 1 is 1.04 bits per heavy atom. The van der Waals surface area contributed by atoms with Crippen LogP contribution < -0.4 is 5.32 Å². The second-order valence-electron chi connectivity index (χ2n) is 6.23. The van der Waals surface area contributed by atoms with Gasteiger partial charge in [-0.2, -0.15) is 0 Å². The van der Waals surface area contributed by atoms with Crippen LogP contribution in [0.1, 0.15) is 35.9 Å². The lowest BCUT2D eigenvalue weighted by Gasteiger charge is -2.06. The fourth-order valence-corrected chi connectivity index (χ4v) is 3.90. The van der Waals surface area contributed by atoms with Crippen LogP contribution in [-0.2, 0) is 13.1 Å². The van der Waals surface area contributed by atoms with Gasteiger partial charge in [-0.3, -0.25) is 0 Å². The Bertz CT molecular complexity index is 841. The quantitative estimate of drug-likeness (QED) is 0.517. The molecule has 0 bridgehead atoms. The molecule has 0 aliphatic rings. The molecule has 0 aliphatic carbocycles. The van der Waals surface area contributed by atoms with Crippen molar-refractivity contribution >= 4 is 34.5 Å². The molecule has 0 unspecified atom stereocenters. The van der Waals surface area contributed by atoms with Gasteiger partial charge in [-0.1, -0.05) is 67.4 Å². The minimum atomic E-state index is 0.551. The molecule has 0 fully saturated rings.